The molecule has 1 heterocycles. The van der Waals surface area contributed by atoms with Gasteiger partial charge < -0.3 is 10.2 Å². The molecule has 1 aromatic carbocycles. The summed E-state index contributed by atoms with van der Waals surface area (Å²) >= 11 is 0. The molecule has 0 saturated carbocycles. The van der Waals surface area contributed by atoms with Crippen molar-refractivity contribution < 1.29 is 4.79 Å². The molecular formula is C15H23N3O. The minimum absolute atomic E-state index is 0.0895. The van der Waals surface area contributed by atoms with Crippen LogP contribution >= 0.6 is 0 Å². The van der Waals surface area contributed by atoms with Crippen LogP contribution in [0, 0.1) is 0 Å². The van der Waals surface area contributed by atoms with Gasteiger partial charge in [-0.2, -0.15) is 0 Å². The van der Waals surface area contributed by atoms with Crippen LogP contribution in [0.2, 0.25) is 0 Å². The lowest BCUT2D eigenvalue weighted by Crippen LogP contribution is -2.41. The zero-order valence-corrected chi connectivity index (χ0v) is 12.0. The molecule has 4 heteroatoms. The highest BCUT2D eigenvalue weighted by Gasteiger charge is 2.26. The molecule has 0 radical (unpaired) electrons. The quantitative estimate of drug-likeness (QED) is 0.888. The third-order valence-corrected chi connectivity index (χ3v) is 3.86. The summed E-state index contributed by atoms with van der Waals surface area (Å²) in [4.78, 5) is 16.1. The summed E-state index contributed by atoms with van der Waals surface area (Å²) in [7, 11) is 3.84. The number of amides is 2. The van der Waals surface area contributed by atoms with E-state index in [0.29, 0.717) is 6.04 Å². The predicted molar refractivity (Wildman–Crippen MR) is 78.5 cm³/mol. The van der Waals surface area contributed by atoms with Crippen LogP contribution in [0.5, 0.6) is 0 Å². The number of nitrogens with one attached hydrogen (secondary N) is 1. The molecular weight excluding hydrogens is 238 g/mol. The lowest BCUT2D eigenvalue weighted by molar-refractivity contribution is 0.217. The Labute approximate surface area is 115 Å². The molecule has 0 aromatic heterocycles. The van der Waals surface area contributed by atoms with Crippen molar-refractivity contribution in [1.82, 2.24) is 10.2 Å². The van der Waals surface area contributed by atoms with E-state index >= 15 is 0 Å². The van der Waals surface area contributed by atoms with Crippen molar-refractivity contribution in [3.05, 3.63) is 29.8 Å². The maximum atomic E-state index is 12.5. The number of fused-ring (bicyclic) bond motifs is 1. The Morgan fingerprint density at radius 3 is 2.89 bits per heavy atom. The molecule has 0 saturated heterocycles. The van der Waals surface area contributed by atoms with Crippen molar-refractivity contribution in [2.45, 2.75) is 25.8 Å². The third-order valence-electron chi connectivity index (χ3n) is 3.86. The molecule has 104 valence electrons. The van der Waals surface area contributed by atoms with Gasteiger partial charge in [-0.15, -0.1) is 0 Å². The van der Waals surface area contributed by atoms with Gasteiger partial charge in [0.25, 0.3) is 0 Å². The Kier molecular flexibility index (Phi) is 4.43. The number of hydrogen-bond acceptors (Lipinski definition) is 2. The summed E-state index contributed by atoms with van der Waals surface area (Å²) < 4.78 is 0. The highest BCUT2D eigenvalue weighted by atomic mass is 16.2. The molecule has 0 bridgehead atoms. The van der Waals surface area contributed by atoms with Gasteiger partial charge >= 0.3 is 6.03 Å². The predicted octanol–water partition coefficient (Wildman–Crippen LogP) is 2.62. The van der Waals surface area contributed by atoms with Crippen molar-refractivity contribution in [1.29, 1.82) is 0 Å². The van der Waals surface area contributed by atoms with Crippen LogP contribution in [0.15, 0.2) is 24.3 Å². The van der Waals surface area contributed by atoms with Crippen molar-refractivity contribution in [3.8, 4) is 0 Å². The summed E-state index contributed by atoms with van der Waals surface area (Å²) in [5.74, 6) is 0. The molecule has 4 nitrogen and oxygen atoms in total. The van der Waals surface area contributed by atoms with Gasteiger partial charge in [0.1, 0.15) is 0 Å². The zero-order chi connectivity index (χ0) is 13.8. The number of benzene rings is 1. The molecule has 0 aliphatic carbocycles. The molecule has 2 amide bonds. The Morgan fingerprint density at radius 2 is 2.21 bits per heavy atom. The van der Waals surface area contributed by atoms with E-state index in [-0.39, 0.29) is 6.03 Å². The number of rotatable bonds is 2. The van der Waals surface area contributed by atoms with Gasteiger partial charge in [0.2, 0.25) is 0 Å². The van der Waals surface area contributed by atoms with E-state index in [1.165, 1.54) is 5.56 Å². The lowest BCUT2D eigenvalue weighted by atomic mass is 10.0. The largest absolute Gasteiger partial charge is 0.328 e. The van der Waals surface area contributed by atoms with E-state index in [4.69, 9.17) is 0 Å². The van der Waals surface area contributed by atoms with E-state index in [0.717, 1.165) is 31.6 Å². The van der Waals surface area contributed by atoms with Crippen LogP contribution in [0.1, 0.15) is 31.4 Å². The zero-order valence-electron chi connectivity index (χ0n) is 12.0. The van der Waals surface area contributed by atoms with Crippen LogP contribution in [0.3, 0.4) is 0 Å². The van der Waals surface area contributed by atoms with Crippen LogP contribution in [0.4, 0.5) is 10.5 Å². The standard InChI is InChI=1S/C15H23N3O/c1-4-17(3)15(19)18-11-7-9-13(16-2)12-8-5-6-10-14(12)18/h5-6,8,10,13,16H,4,7,9,11H2,1-3H3. The van der Waals surface area contributed by atoms with Crippen molar-refractivity contribution >= 4 is 11.7 Å². The molecule has 0 spiro atoms. The second-order valence-corrected chi connectivity index (χ2v) is 4.99. The average molecular weight is 261 g/mol. The molecule has 1 aliphatic rings. The molecule has 1 aromatic rings. The maximum Gasteiger partial charge on any atom is 0.324 e. The van der Waals surface area contributed by atoms with E-state index < -0.39 is 0 Å². The lowest BCUT2D eigenvalue weighted by Gasteiger charge is -2.28. The summed E-state index contributed by atoms with van der Waals surface area (Å²) in [5, 5.41) is 3.35. The van der Waals surface area contributed by atoms with Crippen molar-refractivity contribution in [2.75, 3.05) is 32.1 Å². The summed E-state index contributed by atoms with van der Waals surface area (Å²) in [5.41, 5.74) is 2.27. The fraction of sp³-hybridized carbons (Fsp3) is 0.533. The molecule has 0 fully saturated rings. The van der Waals surface area contributed by atoms with Crippen LogP contribution in [0.25, 0.3) is 0 Å². The van der Waals surface area contributed by atoms with Gasteiger partial charge in [-0.05, 0) is 38.4 Å². The number of hydrogen-bond donors (Lipinski definition) is 1. The molecule has 2 rings (SSSR count). The number of para-hydroxylation sites is 1. The van der Waals surface area contributed by atoms with Crippen LogP contribution < -0.4 is 10.2 Å². The highest BCUT2D eigenvalue weighted by molar-refractivity contribution is 5.93. The second kappa shape index (κ2) is 6.06. The molecule has 1 atom stereocenters. The van der Waals surface area contributed by atoms with E-state index in [1.807, 2.05) is 44.1 Å². The molecule has 1 N–H and O–H groups in total. The van der Waals surface area contributed by atoms with E-state index in [2.05, 4.69) is 11.4 Å². The van der Waals surface area contributed by atoms with Gasteiger partial charge in [-0.25, -0.2) is 4.79 Å². The minimum Gasteiger partial charge on any atom is -0.328 e. The van der Waals surface area contributed by atoms with Gasteiger partial charge in [0.15, 0.2) is 0 Å². The van der Waals surface area contributed by atoms with Crippen LogP contribution in [-0.4, -0.2) is 38.1 Å². The van der Waals surface area contributed by atoms with E-state index in [9.17, 15) is 4.79 Å². The highest BCUT2D eigenvalue weighted by Crippen LogP contribution is 2.32. The number of nitrogens with zero attached hydrogens (tertiary/aromatic N) is 2. The first-order valence-electron chi connectivity index (χ1n) is 6.97. The first-order valence-corrected chi connectivity index (χ1v) is 6.97. The number of carbonyl (C=O) groups is 1. The van der Waals surface area contributed by atoms with Crippen LogP contribution in [-0.2, 0) is 0 Å². The number of carbonyl (C=O) groups excluding carboxylic acids is 1. The Hall–Kier alpha value is -1.55. The third kappa shape index (κ3) is 2.73. The van der Waals surface area contributed by atoms with Gasteiger partial charge in [0, 0.05) is 26.2 Å². The Bertz CT molecular complexity index is 447. The fourth-order valence-corrected chi connectivity index (χ4v) is 2.60. The number of anilines is 1. The minimum atomic E-state index is 0.0895. The van der Waals surface area contributed by atoms with Gasteiger partial charge in [-0.3, -0.25) is 4.90 Å². The van der Waals surface area contributed by atoms with E-state index in [1.54, 1.807) is 4.90 Å². The Morgan fingerprint density at radius 1 is 1.47 bits per heavy atom. The molecule has 19 heavy (non-hydrogen) atoms. The summed E-state index contributed by atoms with van der Waals surface area (Å²) in [6.45, 7) is 3.52. The number of urea groups is 1. The normalized spacial score (nSPS) is 18.7. The SMILES string of the molecule is CCN(C)C(=O)N1CCCC(NC)c2ccccc21. The summed E-state index contributed by atoms with van der Waals surface area (Å²) in [6, 6.07) is 8.64. The molecule has 1 aliphatic heterocycles. The average Bonchev–Trinajstić information content (AvgIpc) is 2.64. The first-order chi connectivity index (χ1) is 9.19. The van der Waals surface area contributed by atoms with Gasteiger partial charge in [0.05, 0.1) is 5.69 Å². The van der Waals surface area contributed by atoms with Crippen molar-refractivity contribution in [2.24, 2.45) is 0 Å². The monoisotopic (exact) mass is 261 g/mol. The summed E-state index contributed by atoms with van der Waals surface area (Å²) in [6.07, 6.45) is 2.08. The van der Waals surface area contributed by atoms with Crippen molar-refractivity contribution in [3.63, 3.8) is 0 Å². The fourth-order valence-electron chi connectivity index (χ4n) is 2.60. The smallest absolute Gasteiger partial charge is 0.324 e. The second-order valence-electron chi connectivity index (χ2n) is 4.99. The maximum absolute atomic E-state index is 12.5. The topological polar surface area (TPSA) is 35.6 Å². The van der Waals surface area contributed by atoms with Gasteiger partial charge in [-0.1, -0.05) is 18.2 Å². The molecule has 1 unspecified atom stereocenters. The Balaban J connectivity index is 2.38. The first kappa shape index (κ1) is 13.9.